The molecule has 1 aliphatic heterocycles. The zero-order chi connectivity index (χ0) is 15.4. The zero-order valence-corrected chi connectivity index (χ0v) is 12.6. The lowest BCUT2D eigenvalue weighted by atomic mass is 9.83. The number of nitrogens with zero attached hydrogens (tertiary/aromatic N) is 1. The minimum Gasteiger partial charge on any atom is -0.328 e. The van der Waals surface area contributed by atoms with Gasteiger partial charge in [-0.1, -0.05) is 6.92 Å². The van der Waals surface area contributed by atoms with Gasteiger partial charge in [0.2, 0.25) is 17.7 Å². The van der Waals surface area contributed by atoms with Gasteiger partial charge in [0.15, 0.2) is 0 Å². The summed E-state index contributed by atoms with van der Waals surface area (Å²) in [6, 6.07) is -0.195. The summed E-state index contributed by atoms with van der Waals surface area (Å²) in [6.07, 6.45) is 5.98. The van der Waals surface area contributed by atoms with Crippen LogP contribution in [0.2, 0.25) is 0 Å². The second kappa shape index (κ2) is 7.02. The molecule has 6 nitrogen and oxygen atoms in total. The van der Waals surface area contributed by atoms with E-state index in [-0.39, 0.29) is 24.3 Å². The summed E-state index contributed by atoms with van der Waals surface area (Å²) in [4.78, 5) is 37.0. The molecule has 0 aromatic rings. The first-order valence-corrected chi connectivity index (χ1v) is 7.90. The van der Waals surface area contributed by atoms with E-state index in [0.717, 1.165) is 32.1 Å². The van der Waals surface area contributed by atoms with Gasteiger partial charge in [0.25, 0.3) is 0 Å². The number of amides is 3. The molecule has 0 aromatic heterocycles. The number of nitrogens with two attached hydrogens (primary N) is 1. The largest absolute Gasteiger partial charge is 0.328 e. The Morgan fingerprint density at radius 1 is 1.29 bits per heavy atom. The van der Waals surface area contributed by atoms with Crippen LogP contribution < -0.4 is 11.1 Å². The van der Waals surface area contributed by atoms with Gasteiger partial charge in [-0.3, -0.25) is 19.7 Å². The van der Waals surface area contributed by atoms with E-state index in [1.54, 1.807) is 0 Å². The average molecular weight is 295 g/mol. The zero-order valence-electron chi connectivity index (χ0n) is 12.6. The lowest BCUT2D eigenvalue weighted by Crippen LogP contribution is -2.59. The number of carbonyl (C=O) groups is 3. The van der Waals surface area contributed by atoms with Crippen molar-refractivity contribution in [1.82, 2.24) is 10.2 Å². The Morgan fingerprint density at radius 3 is 2.57 bits per heavy atom. The molecular formula is C15H25N3O3. The minimum absolute atomic E-state index is 0.00137. The molecule has 1 saturated heterocycles. The molecule has 2 rings (SSSR count). The monoisotopic (exact) mass is 295 g/mol. The quantitative estimate of drug-likeness (QED) is 0.741. The highest BCUT2D eigenvalue weighted by atomic mass is 16.2. The number of nitrogens with one attached hydrogen (secondary N) is 1. The molecule has 118 valence electrons. The Labute approximate surface area is 125 Å². The fraction of sp³-hybridized carbons (Fsp3) is 0.800. The van der Waals surface area contributed by atoms with E-state index >= 15 is 0 Å². The van der Waals surface area contributed by atoms with E-state index in [2.05, 4.69) is 5.32 Å². The van der Waals surface area contributed by atoms with Gasteiger partial charge in [-0.15, -0.1) is 0 Å². The molecule has 6 heteroatoms. The molecule has 1 heterocycles. The number of piperazine rings is 1. The lowest BCUT2D eigenvalue weighted by molar-refractivity contribution is -0.150. The van der Waals surface area contributed by atoms with Gasteiger partial charge in [-0.25, -0.2) is 0 Å². The second-order valence-corrected chi connectivity index (χ2v) is 6.18. The Bertz CT molecular complexity index is 416. The van der Waals surface area contributed by atoms with Crippen LogP contribution in [0.1, 0.15) is 51.9 Å². The molecule has 0 radical (unpaired) electrons. The number of hydrogen-bond acceptors (Lipinski definition) is 4. The summed E-state index contributed by atoms with van der Waals surface area (Å²) >= 11 is 0. The number of imide groups is 1. The molecular weight excluding hydrogens is 270 g/mol. The van der Waals surface area contributed by atoms with E-state index in [0.29, 0.717) is 24.8 Å². The van der Waals surface area contributed by atoms with Crippen LogP contribution in [0.4, 0.5) is 0 Å². The molecule has 1 atom stereocenters. The summed E-state index contributed by atoms with van der Waals surface area (Å²) in [6.45, 7) is 1.85. The molecule has 3 N–H and O–H groups in total. The van der Waals surface area contributed by atoms with Gasteiger partial charge in [0, 0.05) is 12.5 Å². The maximum Gasteiger partial charge on any atom is 0.249 e. The van der Waals surface area contributed by atoms with Crippen LogP contribution in [0.25, 0.3) is 0 Å². The SMILES string of the molecule is CCC1C(=O)NC(=O)CN1C(=O)CCC1CCC(N)CC1. The molecule has 21 heavy (non-hydrogen) atoms. The van der Waals surface area contributed by atoms with E-state index in [1.807, 2.05) is 6.92 Å². The highest BCUT2D eigenvalue weighted by molar-refractivity contribution is 6.04. The van der Waals surface area contributed by atoms with E-state index in [9.17, 15) is 14.4 Å². The third-order valence-electron chi connectivity index (χ3n) is 4.62. The van der Waals surface area contributed by atoms with E-state index in [4.69, 9.17) is 5.73 Å². The van der Waals surface area contributed by atoms with Crippen molar-refractivity contribution in [3.8, 4) is 0 Å². The highest BCUT2D eigenvalue weighted by Crippen LogP contribution is 2.27. The fourth-order valence-electron chi connectivity index (χ4n) is 3.28. The molecule has 2 aliphatic rings. The van der Waals surface area contributed by atoms with Crippen LogP contribution in [0, 0.1) is 5.92 Å². The van der Waals surface area contributed by atoms with Crippen molar-refractivity contribution in [2.24, 2.45) is 11.7 Å². The third-order valence-corrected chi connectivity index (χ3v) is 4.62. The summed E-state index contributed by atoms with van der Waals surface area (Å²) in [5.41, 5.74) is 5.88. The van der Waals surface area contributed by atoms with E-state index < -0.39 is 6.04 Å². The second-order valence-electron chi connectivity index (χ2n) is 6.18. The first-order chi connectivity index (χ1) is 10.0. The maximum absolute atomic E-state index is 12.3. The highest BCUT2D eigenvalue weighted by Gasteiger charge is 2.35. The molecule has 3 amide bonds. The lowest BCUT2D eigenvalue weighted by Gasteiger charge is -2.34. The first-order valence-electron chi connectivity index (χ1n) is 7.90. The Balaban J connectivity index is 1.86. The average Bonchev–Trinajstić information content (AvgIpc) is 2.45. The molecule has 0 bridgehead atoms. The topological polar surface area (TPSA) is 92.5 Å². The predicted molar refractivity (Wildman–Crippen MR) is 78.1 cm³/mol. The smallest absolute Gasteiger partial charge is 0.249 e. The standard InChI is InChI=1S/C15H25N3O3/c1-2-12-15(21)17-13(19)9-18(12)14(20)8-5-10-3-6-11(16)7-4-10/h10-12H,2-9,16H2,1H3,(H,17,19,21). The van der Waals surface area contributed by atoms with Crippen molar-refractivity contribution >= 4 is 17.7 Å². The molecule has 0 aromatic carbocycles. The minimum atomic E-state index is -0.505. The van der Waals surface area contributed by atoms with Crippen LogP contribution in [-0.4, -0.2) is 41.2 Å². The van der Waals surface area contributed by atoms with Gasteiger partial charge in [-0.05, 0) is 44.4 Å². The van der Waals surface area contributed by atoms with Crippen LogP contribution in [0.5, 0.6) is 0 Å². The summed E-state index contributed by atoms with van der Waals surface area (Å²) in [7, 11) is 0. The molecule has 1 aliphatic carbocycles. The van der Waals surface area contributed by atoms with Crippen LogP contribution in [0.15, 0.2) is 0 Å². The Hall–Kier alpha value is -1.43. The Kier molecular flexibility index (Phi) is 5.33. The summed E-state index contributed by atoms with van der Waals surface area (Å²) < 4.78 is 0. The summed E-state index contributed by atoms with van der Waals surface area (Å²) in [5.74, 6) is -0.282. The van der Waals surface area contributed by atoms with Gasteiger partial charge in [0.05, 0.1) is 0 Å². The van der Waals surface area contributed by atoms with Gasteiger partial charge in [-0.2, -0.15) is 0 Å². The van der Waals surface area contributed by atoms with Crippen molar-refractivity contribution < 1.29 is 14.4 Å². The van der Waals surface area contributed by atoms with Crippen molar-refractivity contribution in [3.05, 3.63) is 0 Å². The number of hydrogen-bond donors (Lipinski definition) is 2. The van der Waals surface area contributed by atoms with Gasteiger partial charge in [0.1, 0.15) is 12.6 Å². The van der Waals surface area contributed by atoms with Crippen LogP contribution >= 0.6 is 0 Å². The molecule has 0 spiro atoms. The van der Waals surface area contributed by atoms with E-state index in [1.165, 1.54) is 4.90 Å². The predicted octanol–water partition coefficient (Wildman–Crippen LogP) is 0.548. The van der Waals surface area contributed by atoms with Crippen molar-refractivity contribution in [2.75, 3.05) is 6.54 Å². The van der Waals surface area contributed by atoms with Crippen molar-refractivity contribution in [1.29, 1.82) is 0 Å². The normalized spacial score (nSPS) is 30.2. The summed E-state index contributed by atoms with van der Waals surface area (Å²) in [5, 5.41) is 2.29. The molecule has 1 unspecified atom stereocenters. The van der Waals surface area contributed by atoms with Crippen molar-refractivity contribution in [2.45, 2.75) is 64.0 Å². The molecule has 1 saturated carbocycles. The third kappa shape index (κ3) is 4.03. The van der Waals surface area contributed by atoms with Gasteiger partial charge < -0.3 is 10.6 Å². The van der Waals surface area contributed by atoms with Gasteiger partial charge >= 0.3 is 0 Å². The van der Waals surface area contributed by atoms with Crippen LogP contribution in [0.3, 0.4) is 0 Å². The Morgan fingerprint density at radius 2 is 1.95 bits per heavy atom. The van der Waals surface area contributed by atoms with Crippen molar-refractivity contribution in [3.63, 3.8) is 0 Å². The molecule has 2 fully saturated rings. The fourth-order valence-corrected chi connectivity index (χ4v) is 3.28. The number of rotatable bonds is 4. The van der Waals surface area contributed by atoms with Crippen LogP contribution in [-0.2, 0) is 14.4 Å². The maximum atomic E-state index is 12.3. The number of carbonyl (C=O) groups excluding carboxylic acids is 3. The first kappa shape index (κ1) is 15.9.